The van der Waals surface area contributed by atoms with Gasteiger partial charge in [0.2, 0.25) is 0 Å². The van der Waals surface area contributed by atoms with Crippen LogP contribution in [0, 0.1) is 0 Å². The van der Waals surface area contributed by atoms with Gasteiger partial charge in [-0.1, -0.05) is 6.08 Å². The fourth-order valence-corrected chi connectivity index (χ4v) is 1.61. The predicted octanol–water partition coefficient (Wildman–Crippen LogP) is -1.87. The zero-order valence-electron chi connectivity index (χ0n) is 9.25. The van der Waals surface area contributed by atoms with Gasteiger partial charge in [0.05, 0.1) is 12.0 Å². The standard InChI is InChI=1S/C10H17NO5/c1-4-5-8(16-10(2,3)15-5)7(12)6(11)9(13)14/h4-8,12H,1,11H2,2-3H3,(H,13,14)/p-1/t5-,6+,7-,8-/m0/s1. The molecule has 0 spiro atoms. The lowest BCUT2D eigenvalue weighted by atomic mass is 10.0. The Labute approximate surface area is 93.6 Å². The Morgan fingerprint density at radius 3 is 2.62 bits per heavy atom. The number of aliphatic hydroxyl groups is 1. The van der Waals surface area contributed by atoms with Gasteiger partial charge < -0.3 is 30.2 Å². The van der Waals surface area contributed by atoms with E-state index in [0.29, 0.717) is 0 Å². The topological polar surface area (TPSA) is 105 Å². The van der Waals surface area contributed by atoms with Crippen LogP contribution in [0.2, 0.25) is 0 Å². The summed E-state index contributed by atoms with van der Waals surface area (Å²) in [6.45, 7) is 6.83. The molecule has 0 bridgehead atoms. The van der Waals surface area contributed by atoms with Gasteiger partial charge in [0.1, 0.15) is 18.3 Å². The summed E-state index contributed by atoms with van der Waals surface area (Å²) in [4.78, 5) is 10.5. The minimum Gasteiger partial charge on any atom is -0.548 e. The van der Waals surface area contributed by atoms with E-state index >= 15 is 0 Å². The second-order valence-electron chi connectivity index (χ2n) is 4.14. The summed E-state index contributed by atoms with van der Waals surface area (Å²) in [5, 5.41) is 20.3. The van der Waals surface area contributed by atoms with E-state index in [1.165, 1.54) is 6.08 Å². The first-order valence-corrected chi connectivity index (χ1v) is 4.91. The summed E-state index contributed by atoms with van der Waals surface area (Å²) in [6.07, 6.45) is -1.43. The van der Waals surface area contributed by atoms with Gasteiger partial charge >= 0.3 is 0 Å². The van der Waals surface area contributed by atoms with Gasteiger partial charge in [0.25, 0.3) is 0 Å². The number of rotatable bonds is 4. The smallest absolute Gasteiger partial charge is 0.164 e. The number of carbonyl (C=O) groups is 1. The summed E-state index contributed by atoms with van der Waals surface area (Å²) in [5.74, 6) is -2.44. The van der Waals surface area contributed by atoms with E-state index in [2.05, 4.69) is 6.58 Å². The highest BCUT2D eigenvalue weighted by molar-refractivity contribution is 5.71. The molecule has 0 aromatic heterocycles. The molecule has 1 aliphatic rings. The molecule has 16 heavy (non-hydrogen) atoms. The van der Waals surface area contributed by atoms with Gasteiger partial charge in [-0.3, -0.25) is 0 Å². The molecule has 1 saturated heterocycles. The van der Waals surface area contributed by atoms with Crippen molar-refractivity contribution in [3.63, 3.8) is 0 Å². The summed E-state index contributed by atoms with van der Waals surface area (Å²) in [7, 11) is 0. The maximum absolute atomic E-state index is 10.5. The second kappa shape index (κ2) is 4.50. The highest BCUT2D eigenvalue weighted by Crippen LogP contribution is 2.30. The summed E-state index contributed by atoms with van der Waals surface area (Å²) < 4.78 is 10.8. The number of carboxylic acids is 1. The van der Waals surface area contributed by atoms with E-state index in [1.807, 2.05) is 0 Å². The molecule has 1 heterocycles. The molecule has 0 unspecified atom stereocenters. The van der Waals surface area contributed by atoms with Gasteiger partial charge in [0, 0.05) is 0 Å². The number of hydrogen-bond acceptors (Lipinski definition) is 6. The Hall–Kier alpha value is -0.950. The number of carboxylic acid groups (broad SMARTS) is 1. The van der Waals surface area contributed by atoms with Crippen molar-refractivity contribution >= 4 is 5.97 Å². The molecular formula is C10H16NO5-. The summed E-state index contributed by atoms with van der Waals surface area (Å²) in [5.41, 5.74) is 5.26. The van der Waals surface area contributed by atoms with Gasteiger partial charge in [0.15, 0.2) is 5.79 Å². The molecule has 0 amide bonds. The zero-order chi connectivity index (χ0) is 12.5. The van der Waals surface area contributed by atoms with E-state index in [0.717, 1.165) is 0 Å². The molecule has 0 saturated carbocycles. The Morgan fingerprint density at radius 1 is 1.62 bits per heavy atom. The van der Waals surface area contributed by atoms with E-state index in [9.17, 15) is 15.0 Å². The van der Waals surface area contributed by atoms with Crippen LogP contribution < -0.4 is 10.8 Å². The highest BCUT2D eigenvalue weighted by atomic mass is 16.8. The number of aliphatic carboxylic acids is 1. The third-order valence-electron chi connectivity index (χ3n) is 2.37. The highest BCUT2D eigenvalue weighted by Gasteiger charge is 2.45. The van der Waals surface area contributed by atoms with E-state index in [4.69, 9.17) is 15.2 Å². The molecule has 92 valence electrons. The predicted molar refractivity (Wildman–Crippen MR) is 53.0 cm³/mol. The minimum atomic E-state index is -1.54. The van der Waals surface area contributed by atoms with Crippen molar-refractivity contribution in [2.24, 2.45) is 5.73 Å². The van der Waals surface area contributed by atoms with Crippen molar-refractivity contribution in [3.05, 3.63) is 12.7 Å². The lowest BCUT2D eigenvalue weighted by molar-refractivity contribution is -0.310. The molecule has 1 aliphatic heterocycles. The van der Waals surface area contributed by atoms with Crippen molar-refractivity contribution in [3.8, 4) is 0 Å². The van der Waals surface area contributed by atoms with Crippen LogP contribution in [-0.4, -0.2) is 41.2 Å². The lowest BCUT2D eigenvalue weighted by Crippen LogP contribution is -2.55. The van der Waals surface area contributed by atoms with Crippen LogP contribution >= 0.6 is 0 Å². The second-order valence-corrected chi connectivity index (χ2v) is 4.14. The van der Waals surface area contributed by atoms with Gasteiger partial charge in [-0.05, 0) is 13.8 Å². The molecule has 3 N–H and O–H groups in total. The number of hydrogen-bond donors (Lipinski definition) is 2. The number of aliphatic hydroxyl groups excluding tert-OH is 1. The molecule has 1 fully saturated rings. The fourth-order valence-electron chi connectivity index (χ4n) is 1.61. The van der Waals surface area contributed by atoms with Gasteiger partial charge in [-0.25, -0.2) is 0 Å². The first-order chi connectivity index (χ1) is 7.28. The van der Waals surface area contributed by atoms with Crippen LogP contribution in [0.5, 0.6) is 0 Å². The minimum absolute atomic E-state index is 0.601. The first kappa shape index (κ1) is 13.1. The molecule has 1 rings (SSSR count). The first-order valence-electron chi connectivity index (χ1n) is 4.91. The normalized spacial score (nSPS) is 32.0. The van der Waals surface area contributed by atoms with E-state index in [-0.39, 0.29) is 0 Å². The Kier molecular flexibility index (Phi) is 3.69. The third kappa shape index (κ3) is 2.59. The van der Waals surface area contributed by atoms with Gasteiger partial charge in [-0.15, -0.1) is 6.58 Å². The van der Waals surface area contributed by atoms with Crippen LogP contribution in [0.15, 0.2) is 12.7 Å². The Bertz CT molecular complexity index is 291. The van der Waals surface area contributed by atoms with Crippen LogP contribution in [0.1, 0.15) is 13.8 Å². The zero-order valence-corrected chi connectivity index (χ0v) is 9.25. The average Bonchev–Trinajstić information content (AvgIpc) is 2.51. The number of carbonyl (C=O) groups excluding carboxylic acids is 1. The molecular weight excluding hydrogens is 214 g/mol. The molecule has 0 radical (unpaired) electrons. The fraction of sp³-hybridized carbons (Fsp3) is 0.700. The average molecular weight is 230 g/mol. The maximum Gasteiger partial charge on any atom is 0.164 e. The quantitative estimate of drug-likeness (QED) is 0.548. The summed E-state index contributed by atoms with van der Waals surface area (Å²) >= 11 is 0. The van der Waals surface area contributed by atoms with Crippen LogP contribution in [0.4, 0.5) is 0 Å². The largest absolute Gasteiger partial charge is 0.548 e. The molecule has 6 heteroatoms. The molecule has 6 nitrogen and oxygen atoms in total. The lowest BCUT2D eigenvalue weighted by Gasteiger charge is -2.26. The summed E-state index contributed by atoms with van der Waals surface area (Å²) in [6, 6.07) is -1.52. The maximum atomic E-state index is 10.5. The number of nitrogens with two attached hydrogens (primary N) is 1. The van der Waals surface area contributed by atoms with Crippen LogP contribution in [0.3, 0.4) is 0 Å². The van der Waals surface area contributed by atoms with E-state index < -0.39 is 36.1 Å². The van der Waals surface area contributed by atoms with Crippen LogP contribution in [0.25, 0.3) is 0 Å². The molecule has 0 aliphatic carbocycles. The molecule has 0 aromatic carbocycles. The third-order valence-corrected chi connectivity index (χ3v) is 2.37. The van der Waals surface area contributed by atoms with Crippen molar-refractivity contribution in [2.45, 2.75) is 44.0 Å². The Balaban J connectivity index is 2.79. The molecule has 0 aromatic rings. The van der Waals surface area contributed by atoms with E-state index in [1.54, 1.807) is 13.8 Å². The van der Waals surface area contributed by atoms with Crippen LogP contribution in [-0.2, 0) is 14.3 Å². The number of ether oxygens (including phenoxy) is 2. The van der Waals surface area contributed by atoms with Crippen molar-refractivity contribution in [1.29, 1.82) is 0 Å². The molecule has 4 atom stereocenters. The monoisotopic (exact) mass is 230 g/mol. The van der Waals surface area contributed by atoms with Crippen molar-refractivity contribution in [1.82, 2.24) is 0 Å². The SMILES string of the molecule is C=C[C@@H]1OC(C)(C)O[C@@H]1[C@@H](O)[C@@H](N)C(=O)[O-]. The Morgan fingerprint density at radius 2 is 2.19 bits per heavy atom. The van der Waals surface area contributed by atoms with Gasteiger partial charge in [-0.2, -0.15) is 0 Å². The van der Waals surface area contributed by atoms with Crippen molar-refractivity contribution < 1.29 is 24.5 Å². The van der Waals surface area contributed by atoms with Crippen molar-refractivity contribution in [2.75, 3.05) is 0 Å².